The summed E-state index contributed by atoms with van der Waals surface area (Å²) < 4.78 is 51.1. The summed E-state index contributed by atoms with van der Waals surface area (Å²) in [6.45, 7) is 1.88. The van der Waals surface area contributed by atoms with E-state index < -0.39 is 10.0 Å². The maximum atomic E-state index is 12.7. The lowest BCUT2D eigenvalue weighted by Crippen LogP contribution is -2.28. The number of methoxy groups -OCH3 is 3. The minimum atomic E-state index is -3.79. The highest BCUT2D eigenvalue weighted by Gasteiger charge is 2.20. The number of nitrogens with zero attached hydrogens (tertiary/aromatic N) is 4. The molecule has 12 heteroatoms. The van der Waals surface area contributed by atoms with Crippen molar-refractivity contribution >= 4 is 15.7 Å². The zero-order valence-electron chi connectivity index (χ0n) is 19.7. The fourth-order valence-electron chi connectivity index (χ4n) is 3.41. The number of aromatic nitrogens is 4. The summed E-state index contributed by atoms with van der Waals surface area (Å²) in [6.07, 6.45) is 0. The van der Waals surface area contributed by atoms with Crippen LogP contribution in [-0.4, -0.2) is 62.7 Å². The van der Waals surface area contributed by atoms with Crippen LogP contribution in [0, 0.1) is 6.92 Å². The van der Waals surface area contributed by atoms with Gasteiger partial charge in [0.15, 0.2) is 11.5 Å². The molecule has 4 aromatic rings. The number of ether oxygens (including phenoxy) is 4. The molecule has 0 amide bonds. The summed E-state index contributed by atoms with van der Waals surface area (Å²) in [7, 11) is 0.766. The van der Waals surface area contributed by atoms with E-state index in [0.717, 1.165) is 5.56 Å². The molecule has 1 N–H and O–H groups in total. The van der Waals surface area contributed by atoms with Gasteiger partial charge in [-0.2, -0.15) is 4.52 Å². The van der Waals surface area contributed by atoms with Crippen molar-refractivity contribution in [3.63, 3.8) is 0 Å². The molecule has 0 bridgehead atoms. The van der Waals surface area contributed by atoms with Gasteiger partial charge in [0.25, 0.3) is 0 Å². The first-order valence-corrected chi connectivity index (χ1v) is 12.1. The summed E-state index contributed by atoms with van der Waals surface area (Å²) >= 11 is 0. The first-order chi connectivity index (χ1) is 16.9. The Morgan fingerprint density at radius 2 is 1.69 bits per heavy atom. The normalized spacial score (nSPS) is 11.4. The smallest absolute Gasteiger partial charge is 0.244 e. The molecule has 0 saturated heterocycles. The number of benzene rings is 2. The van der Waals surface area contributed by atoms with Crippen LogP contribution in [-0.2, 0) is 10.0 Å². The van der Waals surface area contributed by atoms with Gasteiger partial charge < -0.3 is 18.9 Å². The summed E-state index contributed by atoms with van der Waals surface area (Å²) in [5, 5.41) is 12.8. The van der Waals surface area contributed by atoms with Crippen molar-refractivity contribution in [2.75, 3.05) is 34.5 Å². The summed E-state index contributed by atoms with van der Waals surface area (Å²) in [5.74, 6) is 2.18. The zero-order chi connectivity index (χ0) is 25.0. The van der Waals surface area contributed by atoms with Crippen molar-refractivity contribution in [2.24, 2.45) is 0 Å². The molecule has 0 atom stereocenters. The molecule has 2 aromatic carbocycles. The van der Waals surface area contributed by atoms with E-state index in [1.165, 1.54) is 11.6 Å². The van der Waals surface area contributed by atoms with Crippen molar-refractivity contribution in [3.05, 3.63) is 54.1 Å². The number of nitrogens with one attached hydrogen (secondary N) is 1. The Balaban J connectivity index is 1.49. The molecule has 0 spiro atoms. The van der Waals surface area contributed by atoms with Crippen LogP contribution in [0.25, 0.3) is 17.0 Å². The predicted molar refractivity (Wildman–Crippen MR) is 128 cm³/mol. The quantitative estimate of drug-likeness (QED) is 0.328. The molecular formula is C23H25N5O6S. The molecular weight excluding hydrogens is 474 g/mol. The monoisotopic (exact) mass is 499 g/mol. The summed E-state index contributed by atoms with van der Waals surface area (Å²) in [6, 6.07) is 13.6. The average Bonchev–Trinajstić information content (AvgIpc) is 3.29. The van der Waals surface area contributed by atoms with Gasteiger partial charge in [0.05, 0.1) is 26.9 Å². The molecule has 0 aliphatic carbocycles. The largest absolute Gasteiger partial charge is 0.497 e. The Kier molecular flexibility index (Phi) is 7.03. The van der Waals surface area contributed by atoms with Gasteiger partial charge in [-0.15, -0.1) is 15.3 Å². The highest BCUT2D eigenvalue weighted by atomic mass is 32.2. The number of fused-ring (bicyclic) bond motifs is 1. The van der Waals surface area contributed by atoms with Gasteiger partial charge in [-0.25, -0.2) is 13.1 Å². The van der Waals surface area contributed by atoms with E-state index in [2.05, 4.69) is 20.0 Å². The topological polar surface area (TPSA) is 126 Å². The predicted octanol–water partition coefficient (Wildman–Crippen LogP) is 2.48. The summed E-state index contributed by atoms with van der Waals surface area (Å²) in [4.78, 5) is 0.0703. The third-order valence-electron chi connectivity index (χ3n) is 5.14. The van der Waals surface area contributed by atoms with Gasteiger partial charge in [-0.3, -0.25) is 0 Å². The fraction of sp³-hybridized carbons (Fsp3) is 0.261. The Hall–Kier alpha value is -3.90. The van der Waals surface area contributed by atoms with Crippen molar-refractivity contribution < 1.29 is 27.4 Å². The van der Waals surface area contributed by atoms with E-state index in [9.17, 15) is 8.42 Å². The van der Waals surface area contributed by atoms with Crippen molar-refractivity contribution in [1.82, 2.24) is 24.5 Å². The van der Waals surface area contributed by atoms with E-state index in [0.29, 0.717) is 28.5 Å². The van der Waals surface area contributed by atoms with Crippen LogP contribution >= 0.6 is 0 Å². The minimum absolute atomic E-state index is 0.0257. The number of rotatable bonds is 10. The maximum absolute atomic E-state index is 12.7. The lowest BCUT2D eigenvalue weighted by Gasteiger charge is -2.12. The second-order valence-electron chi connectivity index (χ2n) is 7.43. The Bertz CT molecular complexity index is 1450. The molecule has 2 aromatic heterocycles. The molecule has 0 radical (unpaired) electrons. The van der Waals surface area contributed by atoms with E-state index >= 15 is 0 Å². The molecule has 0 aliphatic heterocycles. The molecule has 11 nitrogen and oxygen atoms in total. The van der Waals surface area contributed by atoms with Gasteiger partial charge in [0.1, 0.15) is 28.8 Å². The van der Waals surface area contributed by atoms with Gasteiger partial charge in [-0.05, 0) is 48.9 Å². The van der Waals surface area contributed by atoms with Crippen LogP contribution in [0.4, 0.5) is 0 Å². The maximum Gasteiger partial charge on any atom is 0.244 e. The summed E-state index contributed by atoms with van der Waals surface area (Å²) in [5.41, 5.74) is 1.95. The van der Waals surface area contributed by atoms with Crippen LogP contribution in [0.1, 0.15) is 5.56 Å². The van der Waals surface area contributed by atoms with Crippen LogP contribution in [0.15, 0.2) is 53.4 Å². The van der Waals surface area contributed by atoms with E-state index in [4.69, 9.17) is 18.9 Å². The lowest BCUT2D eigenvalue weighted by molar-refractivity contribution is 0.305. The van der Waals surface area contributed by atoms with Crippen molar-refractivity contribution in [2.45, 2.75) is 11.8 Å². The second kappa shape index (κ2) is 10.2. The first-order valence-electron chi connectivity index (χ1n) is 10.6. The zero-order valence-corrected chi connectivity index (χ0v) is 20.5. The van der Waals surface area contributed by atoms with Crippen molar-refractivity contribution in [3.8, 4) is 34.5 Å². The van der Waals surface area contributed by atoms with E-state index in [-0.39, 0.29) is 29.7 Å². The molecule has 0 unspecified atom stereocenters. The Morgan fingerprint density at radius 1 is 0.914 bits per heavy atom. The van der Waals surface area contributed by atoms with Gasteiger partial charge in [0.2, 0.25) is 15.9 Å². The molecule has 0 fully saturated rings. The van der Waals surface area contributed by atoms with Crippen LogP contribution in [0.2, 0.25) is 0 Å². The van der Waals surface area contributed by atoms with E-state index in [1.807, 2.05) is 6.92 Å². The lowest BCUT2D eigenvalue weighted by atomic mass is 10.2. The molecule has 184 valence electrons. The van der Waals surface area contributed by atoms with Gasteiger partial charge in [0, 0.05) is 12.6 Å². The third kappa shape index (κ3) is 5.12. The molecule has 35 heavy (non-hydrogen) atoms. The average molecular weight is 500 g/mol. The standard InChI is InChI=1S/C23H25N5O6S/c1-15-5-7-19(33-4)20(13-15)35(29,30)24-11-12-34-22-10-9-21-25-26-23(28(21)27-22)17-14-16(31-2)6-8-18(17)32-3/h5-10,13-14,24H,11-12H2,1-4H3. The Morgan fingerprint density at radius 3 is 2.43 bits per heavy atom. The van der Waals surface area contributed by atoms with Crippen LogP contribution in [0.3, 0.4) is 0 Å². The highest BCUT2D eigenvalue weighted by molar-refractivity contribution is 7.89. The fourth-order valence-corrected chi connectivity index (χ4v) is 4.67. The molecule has 4 rings (SSSR count). The number of hydrogen-bond donors (Lipinski definition) is 1. The van der Waals surface area contributed by atoms with Crippen LogP contribution < -0.4 is 23.7 Å². The minimum Gasteiger partial charge on any atom is -0.497 e. The first kappa shape index (κ1) is 24.2. The molecule has 0 saturated carbocycles. The van der Waals surface area contributed by atoms with E-state index in [1.54, 1.807) is 62.8 Å². The number of sulfonamides is 1. The third-order valence-corrected chi connectivity index (χ3v) is 6.62. The van der Waals surface area contributed by atoms with Crippen molar-refractivity contribution in [1.29, 1.82) is 0 Å². The second-order valence-corrected chi connectivity index (χ2v) is 9.17. The van der Waals surface area contributed by atoms with Crippen LogP contribution in [0.5, 0.6) is 23.1 Å². The highest BCUT2D eigenvalue weighted by Crippen LogP contribution is 2.32. The van der Waals surface area contributed by atoms with Gasteiger partial charge >= 0.3 is 0 Å². The SMILES string of the molecule is COc1ccc(OC)c(-c2nnc3ccc(OCCNS(=O)(=O)c4cc(C)ccc4OC)nn23)c1. The van der Waals surface area contributed by atoms with Gasteiger partial charge in [-0.1, -0.05) is 6.07 Å². The number of hydrogen-bond acceptors (Lipinski definition) is 9. The number of aryl methyl sites for hydroxylation is 1. The molecule has 0 aliphatic rings. The Labute approximate surface area is 202 Å². The molecule has 2 heterocycles.